The molecule has 3 heterocycles. The fourth-order valence-corrected chi connectivity index (χ4v) is 2.45. The Morgan fingerprint density at radius 2 is 2.20 bits per heavy atom. The molecule has 4 rings (SSSR count). The zero-order chi connectivity index (χ0) is 17.2. The molecule has 0 saturated carbocycles. The Bertz CT molecular complexity index is 922. The molecule has 10 heteroatoms. The van der Waals surface area contributed by atoms with Crippen LogP contribution in [0.1, 0.15) is 22.1 Å². The number of aromatic nitrogens is 4. The molecule has 2 aromatic heterocycles. The van der Waals surface area contributed by atoms with Crippen LogP contribution in [0.5, 0.6) is 11.5 Å². The van der Waals surface area contributed by atoms with Gasteiger partial charge in [-0.25, -0.2) is 0 Å². The van der Waals surface area contributed by atoms with Crippen LogP contribution in [0.4, 0.5) is 0 Å². The lowest BCUT2D eigenvalue weighted by Crippen LogP contribution is -2.23. The number of ether oxygens (including phenoxy) is 2. The minimum atomic E-state index is -0.463. The molecule has 3 aromatic rings. The molecule has 0 atom stereocenters. The molecular weight excluding hydrogens is 350 g/mol. The third-order valence-corrected chi connectivity index (χ3v) is 3.65. The first kappa shape index (κ1) is 15.5. The molecule has 1 amide bonds. The van der Waals surface area contributed by atoms with Gasteiger partial charge < -0.3 is 19.3 Å². The van der Waals surface area contributed by atoms with Crippen LogP contribution in [0.3, 0.4) is 0 Å². The van der Waals surface area contributed by atoms with Crippen LogP contribution in [0.15, 0.2) is 35.1 Å². The highest BCUT2D eigenvalue weighted by atomic mass is 35.5. The fraction of sp³-hybridized carbons (Fsp3) is 0.200. The van der Waals surface area contributed by atoms with Crippen molar-refractivity contribution in [2.24, 2.45) is 0 Å². The Kier molecular flexibility index (Phi) is 3.98. The third-order valence-electron chi connectivity index (χ3n) is 3.46. The molecule has 0 bridgehead atoms. The fourth-order valence-electron chi connectivity index (χ4n) is 2.29. The van der Waals surface area contributed by atoms with Crippen molar-refractivity contribution < 1.29 is 18.8 Å². The summed E-state index contributed by atoms with van der Waals surface area (Å²) in [7, 11) is 0. The molecule has 1 aliphatic rings. The summed E-state index contributed by atoms with van der Waals surface area (Å²) in [4.78, 5) is 16.2. The van der Waals surface area contributed by atoms with E-state index in [0.29, 0.717) is 28.9 Å². The molecule has 1 aliphatic heterocycles. The largest absolute Gasteiger partial charge is 0.454 e. The van der Waals surface area contributed by atoms with Gasteiger partial charge in [0.15, 0.2) is 17.3 Å². The number of carbonyl (C=O) groups is 1. The van der Waals surface area contributed by atoms with Gasteiger partial charge in [-0.2, -0.15) is 10.1 Å². The first-order chi connectivity index (χ1) is 12.2. The van der Waals surface area contributed by atoms with E-state index in [1.54, 1.807) is 16.9 Å². The summed E-state index contributed by atoms with van der Waals surface area (Å²) in [5, 5.41) is 11.0. The number of fused-ring (bicyclic) bond motifs is 1. The van der Waals surface area contributed by atoms with E-state index in [1.165, 1.54) is 6.20 Å². The summed E-state index contributed by atoms with van der Waals surface area (Å²) in [6.07, 6.45) is 3.12. The van der Waals surface area contributed by atoms with E-state index in [-0.39, 0.29) is 19.2 Å². The van der Waals surface area contributed by atoms with Crippen molar-refractivity contribution in [3.63, 3.8) is 0 Å². The number of rotatable bonds is 5. The summed E-state index contributed by atoms with van der Waals surface area (Å²) in [5.74, 6) is 1.09. The van der Waals surface area contributed by atoms with E-state index < -0.39 is 5.91 Å². The number of nitrogens with one attached hydrogen (secondary N) is 1. The zero-order valence-electron chi connectivity index (χ0n) is 12.8. The standard InChI is InChI=1S/C15H12ClN5O4/c16-10-5-18-21(6-10)7-13-19-15(25-20-13)14(22)17-4-9-1-2-11-12(3-9)24-8-23-11/h1-3,5-6H,4,7-8H2,(H,17,22). The number of carbonyl (C=O) groups excluding carboxylic acids is 1. The van der Waals surface area contributed by atoms with Crippen LogP contribution in [-0.4, -0.2) is 32.6 Å². The van der Waals surface area contributed by atoms with E-state index >= 15 is 0 Å². The highest BCUT2D eigenvalue weighted by Gasteiger charge is 2.17. The quantitative estimate of drug-likeness (QED) is 0.736. The summed E-state index contributed by atoms with van der Waals surface area (Å²) in [6, 6.07) is 5.45. The van der Waals surface area contributed by atoms with E-state index in [0.717, 1.165) is 5.56 Å². The van der Waals surface area contributed by atoms with Crippen molar-refractivity contribution in [3.8, 4) is 11.5 Å². The smallest absolute Gasteiger partial charge is 0.316 e. The maximum absolute atomic E-state index is 12.1. The highest BCUT2D eigenvalue weighted by molar-refractivity contribution is 6.30. The highest BCUT2D eigenvalue weighted by Crippen LogP contribution is 2.32. The van der Waals surface area contributed by atoms with Crippen molar-refractivity contribution in [2.75, 3.05) is 6.79 Å². The minimum Gasteiger partial charge on any atom is -0.454 e. The number of benzene rings is 1. The number of nitrogens with zero attached hydrogens (tertiary/aromatic N) is 4. The average molecular weight is 362 g/mol. The predicted molar refractivity (Wildman–Crippen MR) is 84.4 cm³/mol. The normalized spacial score (nSPS) is 12.4. The third kappa shape index (κ3) is 3.41. The molecule has 1 aromatic carbocycles. The molecule has 0 saturated heterocycles. The topological polar surface area (TPSA) is 104 Å². The SMILES string of the molecule is O=C(NCc1ccc2c(c1)OCO2)c1nc(Cn2cc(Cl)cn2)no1. The molecule has 0 fully saturated rings. The van der Waals surface area contributed by atoms with Gasteiger partial charge in [0.25, 0.3) is 0 Å². The molecule has 1 N–H and O–H groups in total. The van der Waals surface area contributed by atoms with Gasteiger partial charge >= 0.3 is 11.8 Å². The van der Waals surface area contributed by atoms with E-state index in [1.807, 2.05) is 12.1 Å². The summed E-state index contributed by atoms with van der Waals surface area (Å²) in [6.45, 7) is 0.755. The minimum absolute atomic E-state index is 0.117. The van der Waals surface area contributed by atoms with Gasteiger partial charge in [0, 0.05) is 12.7 Å². The second-order valence-electron chi connectivity index (χ2n) is 5.24. The van der Waals surface area contributed by atoms with Gasteiger partial charge in [-0.1, -0.05) is 22.8 Å². The van der Waals surface area contributed by atoms with Crippen molar-refractivity contribution in [1.29, 1.82) is 0 Å². The van der Waals surface area contributed by atoms with Gasteiger partial charge in [0.05, 0.1) is 11.2 Å². The molecule has 9 nitrogen and oxygen atoms in total. The van der Waals surface area contributed by atoms with Crippen molar-refractivity contribution in [1.82, 2.24) is 25.2 Å². The first-order valence-corrected chi connectivity index (χ1v) is 7.72. The van der Waals surface area contributed by atoms with Gasteiger partial charge in [0.2, 0.25) is 6.79 Å². The summed E-state index contributed by atoms with van der Waals surface area (Å²) in [5.41, 5.74) is 0.864. The Labute approximate surface area is 146 Å². The van der Waals surface area contributed by atoms with Crippen LogP contribution in [0, 0.1) is 0 Å². The predicted octanol–water partition coefficient (Wildman–Crippen LogP) is 1.63. The Morgan fingerprint density at radius 1 is 1.32 bits per heavy atom. The number of hydrogen-bond acceptors (Lipinski definition) is 7. The van der Waals surface area contributed by atoms with Gasteiger partial charge in [-0.15, -0.1) is 0 Å². The molecule has 0 spiro atoms. The van der Waals surface area contributed by atoms with Crippen LogP contribution in [-0.2, 0) is 13.1 Å². The van der Waals surface area contributed by atoms with Crippen molar-refractivity contribution >= 4 is 17.5 Å². The average Bonchev–Trinajstić information content (AvgIpc) is 3.33. The van der Waals surface area contributed by atoms with Crippen LogP contribution < -0.4 is 14.8 Å². The summed E-state index contributed by atoms with van der Waals surface area (Å²) >= 11 is 5.79. The van der Waals surface area contributed by atoms with Crippen molar-refractivity contribution in [2.45, 2.75) is 13.1 Å². The summed E-state index contributed by atoms with van der Waals surface area (Å²) < 4.78 is 17.1. The second kappa shape index (κ2) is 6.44. The maximum atomic E-state index is 12.1. The number of halogens is 1. The van der Waals surface area contributed by atoms with Crippen LogP contribution in [0.2, 0.25) is 5.02 Å². The van der Waals surface area contributed by atoms with E-state index in [4.69, 9.17) is 25.6 Å². The lowest BCUT2D eigenvalue weighted by atomic mass is 10.2. The maximum Gasteiger partial charge on any atom is 0.316 e. The molecule has 128 valence electrons. The molecule has 0 radical (unpaired) electrons. The Hall–Kier alpha value is -3.07. The van der Waals surface area contributed by atoms with Gasteiger partial charge in [-0.05, 0) is 17.7 Å². The molecule has 0 aliphatic carbocycles. The number of amides is 1. The lowest BCUT2D eigenvalue weighted by Gasteiger charge is -2.03. The van der Waals surface area contributed by atoms with Gasteiger partial charge in [-0.3, -0.25) is 9.48 Å². The van der Waals surface area contributed by atoms with Crippen molar-refractivity contribution in [3.05, 3.63) is 52.9 Å². The Balaban J connectivity index is 1.36. The Morgan fingerprint density at radius 3 is 3.04 bits per heavy atom. The molecular formula is C15H12ClN5O4. The van der Waals surface area contributed by atoms with Crippen LogP contribution in [0.25, 0.3) is 0 Å². The second-order valence-corrected chi connectivity index (χ2v) is 5.68. The van der Waals surface area contributed by atoms with Gasteiger partial charge in [0.1, 0.15) is 6.54 Å². The van der Waals surface area contributed by atoms with Crippen LogP contribution >= 0.6 is 11.6 Å². The number of hydrogen-bond donors (Lipinski definition) is 1. The van der Waals surface area contributed by atoms with E-state index in [9.17, 15) is 4.79 Å². The molecule has 25 heavy (non-hydrogen) atoms. The monoisotopic (exact) mass is 361 g/mol. The van der Waals surface area contributed by atoms with E-state index in [2.05, 4.69) is 20.6 Å². The zero-order valence-corrected chi connectivity index (χ0v) is 13.6. The first-order valence-electron chi connectivity index (χ1n) is 7.34. The lowest BCUT2D eigenvalue weighted by molar-refractivity contribution is 0.0907. The molecule has 0 unspecified atom stereocenters.